The molecule has 0 aliphatic heterocycles. The Morgan fingerprint density at radius 3 is 2.29 bits per heavy atom. The predicted molar refractivity (Wildman–Crippen MR) is 64.8 cm³/mol. The van der Waals surface area contributed by atoms with Gasteiger partial charge in [0.05, 0.1) is 5.75 Å². The standard InChI is InChI=1S/C11H15NO4S/c1-12(7-8-17(2,15)16)11(14)9-3-5-10(13)6-4-9/h3-6,13H,7-8H2,1-2H3. The van der Waals surface area contributed by atoms with Crippen LogP contribution in [-0.4, -0.2) is 49.9 Å². The Morgan fingerprint density at radius 1 is 1.29 bits per heavy atom. The lowest BCUT2D eigenvalue weighted by atomic mass is 10.2. The van der Waals surface area contributed by atoms with Crippen molar-refractivity contribution in [3.05, 3.63) is 29.8 Å². The van der Waals surface area contributed by atoms with Gasteiger partial charge in [-0.1, -0.05) is 0 Å². The van der Waals surface area contributed by atoms with Crippen LogP contribution in [0.2, 0.25) is 0 Å². The van der Waals surface area contributed by atoms with E-state index in [0.717, 1.165) is 6.26 Å². The van der Waals surface area contributed by atoms with Gasteiger partial charge in [-0.3, -0.25) is 4.79 Å². The lowest BCUT2D eigenvalue weighted by Crippen LogP contribution is -2.31. The van der Waals surface area contributed by atoms with E-state index < -0.39 is 9.84 Å². The van der Waals surface area contributed by atoms with Crippen molar-refractivity contribution in [1.29, 1.82) is 0 Å². The molecule has 0 radical (unpaired) electrons. The van der Waals surface area contributed by atoms with Crippen molar-refractivity contribution in [1.82, 2.24) is 4.90 Å². The maximum Gasteiger partial charge on any atom is 0.253 e. The van der Waals surface area contributed by atoms with Gasteiger partial charge in [0.15, 0.2) is 0 Å². The molecule has 1 aromatic rings. The van der Waals surface area contributed by atoms with Crippen LogP contribution < -0.4 is 0 Å². The number of phenols is 1. The second-order valence-electron chi connectivity index (χ2n) is 3.90. The van der Waals surface area contributed by atoms with Gasteiger partial charge in [-0.2, -0.15) is 0 Å². The molecule has 0 fully saturated rings. The van der Waals surface area contributed by atoms with E-state index in [1.54, 1.807) is 7.05 Å². The minimum atomic E-state index is -3.08. The van der Waals surface area contributed by atoms with Crippen molar-refractivity contribution in [3.63, 3.8) is 0 Å². The molecule has 0 aliphatic carbocycles. The molecule has 6 heteroatoms. The van der Waals surface area contributed by atoms with E-state index in [0.29, 0.717) is 5.56 Å². The topological polar surface area (TPSA) is 74.7 Å². The van der Waals surface area contributed by atoms with Crippen molar-refractivity contribution < 1.29 is 18.3 Å². The number of sulfone groups is 1. The summed E-state index contributed by atoms with van der Waals surface area (Å²) in [5, 5.41) is 9.08. The van der Waals surface area contributed by atoms with Crippen LogP contribution in [0.3, 0.4) is 0 Å². The molecule has 1 rings (SSSR count). The highest BCUT2D eigenvalue weighted by Gasteiger charge is 2.13. The first-order chi connectivity index (χ1) is 7.79. The number of amides is 1. The first-order valence-corrected chi connectivity index (χ1v) is 7.08. The molecule has 1 aromatic carbocycles. The lowest BCUT2D eigenvalue weighted by molar-refractivity contribution is 0.0803. The largest absolute Gasteiger partial charge is 0.508 e. The average Bonchev–Trinajstić information content (AvgIpc) is 2.25. The Kier molecular flexibility index (Phi) is 4.11. The molecule has 1 amide bonds. The number of hydrogen-bond acceptors (Lipinski definition) is 4. The van der Waals surface area contributed by atoms with Crippen LogP contribution in [0.25, 0.3) is 0 Å². The average molecular weight is 257 g/mol. The van der Waals surface area contributed by atoms with E-state index >= 15 is 0 Å². The van der Waals surface area contributed by atoms with Gasteiger partial charge in [-0.25, -0.2) is 8.42 Å². The van der Waals surface area contributed by atoms with Crippen molar-refractivity contribution in [2.75, 3.05) is 25.6 Å². The van der Waals surface area contributed by atoms with E-state index in [4.69, 9.17) is 5.11 Å². The summed E-state index contributed by atoms with van der Waals surface area (Å²) in [6.45, 7) is 0.151. The summed E-state index contributed by atoms with van der Waals surface area (Å²) in [5.74, 6) is -0.248. The van der Waals surface area contributed by atoms with Crippen LogP contribution in [0.4, 0.5) is 0 Å². The number of rotatable bonds is 4. The number of nitrogens with zero attached hydrogens (tertiary/aromatic N) is 1. The molecular formula is C11H15NO4S. The molecule has 94 valence electrons. The summed E-state index contributed by atoms with van der Waals surface area (Å²) in [4.78, 5) is 13.2. The van der Waals surface area contributed by atoms with Crippen LogP contribution in [0.1, 0.15) is 10.4 Å². The summed E-state index contributed by atoms with van der Waals surface area (Å²) >= 11 is 0. The van der Waals surface area contributed by atoms with Gasteiger partial charge >= 0.3 is 0 Å². The van der Waals surface area contributed by atoms with Gasteiger partial charge in [-0.15, -0.1) is 0 Å². The van der Waals surface area contributed by atoms with Gasteiger partial charge in [0.1, 0.15) is 15.6 Å². The van der Waals surface area contributed by atoms with Crippen molar-refractivity contribution in [2.24, 2.45) is 0 Å². The van der Waals surface area contributed by atoms with Gasteiger partial charge in [0.25, 0.3) is 5.91 Å². The fraction of sp³-hybridized carbons (Fsp3) is 0.364. The smallest absolute Gasteiger partial charge is 0.253 e. The molecule has 0 unspecified atom stereocenters. The second-order valence-corrected chi connectivity index (χ2v) is 6.16. The molecule has 1 N–H and O–H groups in total. The fourth-order valence-corrected chi connectivity index (χ4v) is 1.83. The Bertz CT molecular complexity index is 493. The molecule has 0 aliphatic rings. The minimum absolute atomic E-state index is 0.0622. The Morgan fingerprint density at radius 2 is 1.82 bits per heavy atom. The molecule has 17 heavy (non-hydrogen) atoms. The van der Waals surface area contributed by atoms with Crippen LogP contribution in [0, 0.1) is 0 Å². The third-order valence-corrected chi connectivity index (χ3v) is 3.18. The van der Waals surface area contributed by atoms with Crippen LogP contribution in [0.5, 0.6) is 5.75 Å². The molecule has 0 heterocycles. The highest BCUT2D eigenvalue weighted by atomic mass is 32.2. The Hall–Kier alpha value is -1.56. The molecule has 0 saturated heterocycles. The van der Waals surface area contributed by atoms with Crippen LogP contribution in [-0.2, 0) is 9.84 Å². The predicted octanol–water partition coefficient (Wildman–Crippen LogP) is 0.509. The number of hydrogen-bond donors (Lipinski definition) is 1. The number of carbonyl (C=O) groups is 1. The summed E-state index contributed by atoms with van der Waals surface area (Å²) in [5.41, 5.74) is 0.416. The summed E-state index contributed by atoms with van der Waals surface area (Å²) in [6.07, 6.45) is 1.13. The number of carbonyl (C=O) groups excluding carboxylic acids is 1. The second kappa shape index (κ2) is 5.18. The number of benzene rings is 1. The van der Waals surface area contributed by atoms with E-state index in [1.165, 1.54) is 29.2 Å². The molecule has 0 atom stereocenters. The molecule has 0 bridgehead atoms. The summed E-state index contributed by atoms with van der Waals surface area (Å²) in [6, 6.07) is 5.82. The fourth-order valence-electron chi connectivity index (χ4n) is 1.23. The van der Waals surface area contributed by atoms with Crippen molar-refractivity contribution in [3.8, 4) is 5.75 Å². The zero-order chi connectivity index (χ0) is 13.1. The first kappa shape index (κ1) is 13.5. The van der Waals surface area contributed by atoms with Crippen LogP contribution >= 0.6 is 0 Å². The molecular weight excluding hydrogens is 242 g/mol. The number of aromatic hydroxyl groups is 1. The zero-order valence-corrected chi connectivity index (χ0v) is 10.6. The highest BCUT2D eigenvalue weighted by molar-refractivity contribution is 7.90. The maximum absolute atomic E-state index is 11.8. The summed E-state index contributed by atoms with van der Waals surface area (Å²) < 4.78 is 21.9. The summed E-state index contributed by atoms with van der Waals surface area (Å²) in [7, 11) is -1.53. The monoisotopic (exact) mass is 257 g/mol. The van der Waals surface area contributed by atoms with Gasteiger partial charge < -0.3 is 10.0 Å². The third kappa shape index (κ3) is 4.44. The third-order valence-electron chi connectivity index (χ3n) is 2.26. The molecule has 0 aromatic heterocycles. The Labute approximate surface area is 101 Å². The van der Waals surface area contributed by atoms with Crippen LogP contribution in [0.15, 0.2) is 24.3 Å². The van der Waals surface area contributed by atoms with E-state index in [1.807, 2.05) is 0 Å². The molecule has 0 spiro atoms. The Balaban J connectivity index is 2.67. The SMILES string of the molecule is CN(CCS(C)(=O)=O)C(=O)c1ccc(O)cc1. The lowest BCUT2D eigenvalue weighted by Gasteiger charge is -2.16. The zero-order valence-electron chi connectivity index (χ0n) is 9.75. The molecule has 5 nitrogen and oxygen atoms in total. The normalized spacial score (nSPS) is 11.2. The van der Waals surface area contributed by atoms with Crippen molar-refractivity contribution >= 4 is 15.7 Å². The quantitative estimate of drug-likeness (QED) is 0.852. The van der Waals surface area contributed by atoms with Gasteiger partial charge in [0, 0.05) is 25.4 Å². The highest BCUT2D eigenvalue weighted by Crippen LogP contribution is 2.11. The van der Waals surface area contributed by atoms with Gasteiger partial charge in [-0.05, 0) is 24.3 Å². The van der Waals surface area contributed by atoms with E-state index in [-0.39, 0.29) is 24.0 Å². The minimum Gasteiger partial charge on any atom is -0.508 e. The van der Waals surface area contributed by atoms with Crippen molar-refractivity contribution in [2.45, 2.75) is 0 Å². The van der Waals surface area contributed by atoms with Gasteiger partial charge in [0.2, 0.25) is 0 Å². The maximum atomic E-state index is 11.8. The first-order valence-electron chi connectivity index (χ1n) is 5.02. The number of phenolic OH excluding ortho intramolecular Hbond substituents is 1. The van der Waals surface area contributed by atoms with E-state index in [2.05, 4.69) is 0 Å². The molecule has 0 saturated carbocycles. The van der Waals surface area contributed by atoms with E-state index in [9.17, 15) is 13.2 Å².